The summed E-state index contributed by atoms with van der Waals surface area (Å²) < 4.78 is 13.0. The molecule has 0 unspecified atom stereocenters. The van der Waals surface area contributed by atoms with Crippen LogP contribution in [0.5, 0.6) is 0 Å². The number of aromatic nitrogens is 3. The summed E-state index contributed by atoms with van der Waals surface area (Å²) in [7, 11) is 0. The van der Waals surface area contributed by atoms with Gasteiger partial charge in [-0.25, -0.2) is 9.97 Å². The number of hydrogen-bond acceptors (Lipinski definition) is 4. The molecule has 16 heavy (non-hydrogen) atoms. The minimum atomic E-state index is -0.820. The predicted octanol–water partition coefficient (Wildman–Crippen LogP) is 1.57. The van der Waals surface area contributed by atoms with Crippen molar-refractivity contribution in [1.82, 2.24) is 15.0 Å². The summed E-state index contributed by atoms with van der Waals surface area (Å²) in [5.74, 6) is -0.377. The third-order valence-electron chi connectivity index (χ3n) is 2.06. The molecular weight excluding hydrogens is 229 g/mol. The van der Waals surface area contributed by atoms with Crippen LogP contribution >= 0.6 is 11.3 Å². The van der Waals surface area contributed by atoms with E-state index in [1.807, 2.05) is 12.3 Å². The lowest BCUT2D eigenvalue weighted by atomic mass is 10.3. The molecule has 6 heteroatoms. The van der Waals surface area contributed by atoms with Crippen LogP contribution in [0.4, 0.5) is 4.39 Å². The Hall–Kier alpha value is -1.56. The lowest BCUT2D eigenvalue weighted by Gasteiger charge is -2.00. The average Bonchev–Trinajstić information content (AvgIpc) is 2.60. The van der Waals surface area contributed by atoms with E-state index in [1.54, 1.807) is 0 Å². The Balaban J connectivity index is 2.32. The third-order valence-corrected chi connectivity index (χ3v) is 3.03. The molecule has 0 fully saturated rings. The van der Waals surface area contributed by atoms with Crippen molar-refractivity contribution in [3.63, 3.8) is 0 Å². The molecule has 2 aromatic rings. The lowest BCUT2D eigenvalue weighted by molar-refractivity contribution is 0.583. The molecule has 84 valence electrons. The van der Waals surface area contributed by atoms with E-state index in [0.29, 0.717) is 12.2 Å². The fourth-order valence-corrected chi connectivity index (χ4v) is 2.12. The van der Waals surface area contributed by atoms with E-state index in [4.69, 9.17) is 0 Å². The van der Waals surface area contributed by atoms with Crippen LogP contribution in [0, 0.1) is 19.7 Å². The zero-order valence-electron chi connectivity index (χ0n) is 8.87. The van der Waals surface area contributed by atoms with Crippen LogP contribution in [0.1, 0.15) is 22.2 Å². The van der Waals surface area contributed by atoms with Gasteiger partial charge in [0.25, 0.3) is 5.56 Å². The summed E-state index contributed by atoms with van der Waals surface area (Å²) in [6.07, 6.45) is 0.425. The Labute approximate surface area is 95.2 Å². The van der Waals surface area contributed by atoms with Crippen LogP contribution in [0.2, 0.25) is 0 Å². The van der Waals surface area contributed by atoms with E-state index in [1.165, 1.54) is 18.3 Å². The van der Waals surface area contributed by atoms with Crippen molar-refractivity contribution in [2.24, 2.45) is 0 Å². The molecule has 0 saturated heterocycles. The van der Waals surface area contributed by atoms with Gasteiger partial charge in [-0.05, 0) is 13.8 Å². The molecule has 1 N–H and O–H groups in total. The first-order valence-electron chi connectivity index (χ1n) is 4.72. The molecule has 0 aliphatic carbocycles. The lowest BCUT2D eigenvalue weighted by Crippen LogP contribution is -2.17. The number of nitrogens with one attached hydrogen (secondary N) is 1. The monoisotopic (exact) mass is 239 g/mol. The number of rotatable bonds is 2. The molecule has 2 aromatic heterocycles. The zero-order chi connectivity index (χ0) is 11.7. The van der Waals surface area contributed by atoms with Crippen molar-refractivity contribution in [2.45, 2.75) is 20.3 Å². The summed E-state index contributed by atoms with van der Waals surface area (Å²) in [4.78, 5) is 21.8. The molecule has 0 bridgehead atoms. The first-order chi connectivity index (χ1) is 7.56. The molecule has 0 spiro atoms. The van der Waals surface area contributed by atoms with Crippen LogP contribution in [0.25, 0.3) is 0 Å². The van der Waals surface area contributed by atoms with Gasteiger partial charge >= 0.3 is 0 Å². The van der Waals surface area contributed by atoms with Gasteiger partial charge in [-0.1, -0.05) is 0 Å². The SMILES string of the molecule is Cc1csc(Cc2nc(C)c(F)c(=O)[nH]2)n1. The number of thiazole rings is 1. The van der Waals surface area contributed by atoms with Gasteiger partial charge in [-0.3, -0.25) is 4.79 Å². The van der Waals surface area contributed by atoms with Crippen molar-refractivity contribution >= 4 is 11.3 Å². The van der Waals surface area contributed by atoms with E-state index in [9.17, 15) is 9.18 Å². The normalized spacial score (nSPS) is 10.7. The first-order valence-corrected chi connectivity index (χ1v) is 5.60. The van der Waals surface area contributed by atoms with Crippen molar-refractivity contribution in [1.29, 1.82) is 0 Å². The summed E-state index contributed by atoms with van der Waals surface area (Å²) in [5, 5.41) is 2.77. The molecule has 0 aromatic carbocycles. The molecular formula is C10H10FN3OS. The highest BCUT2D eigenvalue weighted by Crippen LogP contribution is 2.11. The van der Waals surface area contributed by atoms with Gasteiger partial charge in [0, 0.05) is 11.1 Å². The number of aryl methyl sites for hydroxylation is 2. The minimum absolute atomic E-state index is 0.118. The average molecular weight is 239 g/mol. The Morgan fingerprint density at radius 1 is 1.44 bits per heavy atom. The van der Waals surface area contributed by atoms with Gasteiger partial charge in [-0.2, -0.15) is 4.39 Å². The molecule has 2 rings (SSSR count). The summed E-state index contributed by atoms with van der Waals surface area (Å²) in [6.45, 7) is 3.37. The molecule has 4 nitrogen and oxygen atoms in total. The number of hydrogen-bond donors (Lipinski definition) is 1. The van der Waals surface area contributed by atoms with Crippen LogP contribution in [-0.4, -0.2) is 15.0 Å². The molecule has 0 atom stereocenters. The topological polar surface area (TPSA) is 58.6 Å². The van der Waals surface area contributed by atoms with Crippen molar-refractivity contribution in [3.8, 4) is 0 Å². The van der Waals surface area contributed by atoms with Crippen molar-refractivity contribution in [3.05, 3.63) is 43.8 Å². The molecule has 0 saturated carbocycles. The molecule has 0 aliphatic rings. The van der Waals surface area contributed by atoms with Gasteiger partial charge in [-0.15, -0.1) is 11.3 Å². The highest BCUT2D eigenvalue weighted by Gasteiger charge is 2.08. The van der Waals surface area contributed by atoms with Crippen LogP contribution in [0.3, 0.4) is 0 Å². The third kappa shape index (κ3) is 2.16. The highest BCUT2D eigenvalue weighted by atomic mass is 32.1. The smallest absolute Gasteiger partial charge is 0.287 e. The minimum Gasteiger partial charge on any atom is -0.308 e. The van der Waals surface area contributed by atoms with E-state index in [2.05, 4.69) is 15.0 Å². The molecule has 2 heterocycles. The fourth-order valence-electron chi connectivity index (χ4n) is 1.34. The van der Waals surface area contributed by atoms with Gasteiger partial charge in [0.05, 0.1) is 12.1 Å². The van der Waals surface area contributed by atoms with Crippen molar-refractivity contribution in [2.75, 3.05) is 0 Å². The Morgan fingerprint density at radius 3 is 2.75 bits per heavy atom. The van der Waals surface area contributed by atoms with Gasteiger partial charge in [0.1, 0.15) is 10.8 Å². The van der Waals surface area contributed by atoms with Crippen LogP contribution in [0.15, 0.2) is 10.2 Å². The second-order valence-electron chi connectivity index (χ2n) is 3.47. The van der Waals surface area contributed by atoms with E-state index in [-0.39, 0.29) is 5.69 Å². The van der Waals surface area contributed by atoms with E-state index >= 15 is 0 Å². The largest absolute Gasteiger partial charge is 0.308 e. The predicted molar refractivity (Wildman–Crippen MR) is 59.2 cm³/mol. The van der Waals surface area contributed by atoms with Gasteiger partial charge < -0.3 is 4.98 Å². The molecule has 0 aliphatic heterocycles. The summed E-state index contributed by atoms with van der Waals surface area (Å²) in [5.41, 5.74) is 0.323. The van der Waals surface area contributed by atoms with E-state index in [0.717, 1.165) is 10.7 Å². The maximum absolute atomic E-state index is 13.0. The van der Waals surface area contributed by atoms with Crippen LogP contribution in [-0.2, 0) is 6.42 Å². The summed E-state index contributed by atoms with van der Waals surface area (Å²) in [6, 6.07) is 0. The van der Waals surface area contributed by atoms with Gasteiger partial charge in [0.15, 0.2) is 0 Å². The van der Waals surface area contributed by atoms with E-state index < -0.39 is 11.4 Å². The Bertz CT molecular complexity index is 576. The maximum Gasteiger partial charge on any atom is 0.287 e. The zero-order valence-corrected chi connectivity index (χ0v) is 9.69. The van der Waals surface area contributed by atoms with Crippen LogP contribution < -0.4 is 5.56 Å². The summed E-state index contributed by atoms with van der Waals surface area (Å²) >= 11 is 1.49. The highest BCUT2D eigenvalue weighted by molar-refractivity contribution is 7.09. The Morgan fingerprint density at radius 2 is 2.19 bits per heavy atom. The fraction of sp³-hybridized carbons (Fsp3) is 0.300. The molecule has 0 radical (unpaired) electrons. The quantitative estimate of drug-likeness (QED) is 0.865. The Kier molecular flexibility index (Phi) is 2.82. The second-order valence-corrected chi connectivity index (χ2v) is 4.41. The number of halogens is 1. The number of nitrogens with zero attached hydrogens (tertiary/aromatic N) is 2. The standard InChI is InChI=1S/C10H10FN3OS/c1-5-4-16-8(12-5)3-7-13-6(2)9(11)10(15)14-7/h4H,3H2,1-2H3,(H,13,14,15). The number of H-pyrrole nitrogens is 1. The first kappa shape index (κ1) is 10.9. The van der Waals surface area contributed by atoms with Crippen molar-refractivity contribution < 1.29 is 4.39 Å². The number of aromatic amines is 1. The maximum atomic E-state index is 13.0. The molecule has 0 amide bonds. The van der Waals surface area contributed by atoms with Gasteiger partial charge in [0.2, 0.25) is 5.82 Å². The second kappa shape index (κ2) is 4.13.